The fourth-order valence-corrected chi connectivity index (χ4v) is 3.90. The molecule has 1 aromatic heterocycles. The van der Waals surface area contributed by atoms with Gasteiger partial charge in [0.1, 0.15) is 5.69 Å². The molecule has 0 radical (unpaired) electrons. The lowest BCUT2D eigenvalue weighted by atomic mass is 9.99. The predicted molar refractivity (Wildman–Crippen MR) is 104 cm³/mol. The van der Waals surface area contributed by atoms with Gasteiger partial charge in [-0.15, -0.1) is 0 Å². The SMILES string of the molecule is CCOC(=O)N1CCN(c2ccc(C(=O)N3CCCCC3CC)nc2)CC1. The van der Waals surface area contributed by atoms with Crippen molar-refractivity contribution in [2.75, 3.05) is 44.2 Å². The monoisotopic (exact) mass is 374 g/mol. The average Bonchev–Trinajstić information content (AvgIpc) is 2.73. The fourth-order valence-electron chi connectivity index (χ4n) is 3.90. The van der Waals surface area contributed by atoms with Crippen molar-refractivity contribution in [2.45, 2.75) is 45.6 Å². The van der Waals surface area contributed by atoms with Crippen LogP contribution in [0, 0.1) is 0 Å². The van der Waals surface area contributed by atoms with Crippen molar-refractivity contribution >= 4 is 17.7 Å². The highest BCUT2D eigenvalue weighted by atomic mass is 16.6. The van der Waals surface area contributed by atoms with E-state index in [1.165, 1.54) is 6.42 Å². The van der Waals surface area contributed by atoms with Crippen LogP contribution in [-0.2, 0) is 4.74 Å². The van der Waals surface area contributed by atoms with Gasteiger partial charge in [-0.3, -0.25) is 4.79 Å². The first kappa shape index (κ1) is 19.5. The molecule has 1 unspecified atom stereocenters. The fraction of sp³-hybridized carbons (Fsp3) is 0.650. The lowest BCUT2D eigenvalue weighted by Gasteiger charge is -2.36. The highest BCUT2D eigenvalue weighted by molar-refractivity contribution is 5.92. The molecule has 0 aliphatic carbocycles. The van der Waals surface area contributed by atoms with E-state index < -0.39 is 0 Å². The summed E-state index contributed by atoms with van der Waals surface area (Å²) in [5.74, 6) is 0.0419. The van der Waals surface area contributed by atoms with E-state index in [4.69, 9.17) is 4.74 Å². The number of aromatic nitrogens is 1. The van der Waals surface area contributed by atoms with E-state index in [1.54, 1.807) is 11.1 Å². The van der Waals surface area contributed by atoms with Crippen LogP contribution in [0.5, 0.6) is 0 Å². The van der Waals surface area contributed by atoms with Gasteiger partial charge in [0.05, 0.1) is 18.5 Å². The molecule has 27 heavy (non-hydrogen) atoms. The summed E-state index contributed by atoms with van der Waals surface area (Å²) in [4.78, 5) is 35.0. The van der Waals surface area contributed by atoms with E-state index in [0.717, 1.165) is 44.6 Å². The molecule has 0 saturated carbocycles. The Bertz CT molecular complexity index is 641. The number of likely N-dealkylation sites (tertiary alicyclic amines) is 1. The number of piperidine rings is 1. The lowest BCUT2D eigenvalue weighted by molar-refractivity contribution is 0.0602. The molecule has 0 N–H and O–H groups in total. The van der Waals surface area contributed by atoms with Crippen molar-refractivity contribution in [1.29, 1.82) is 0 Å². The molecule has 2 saturated heterocycles. The van der Waals surface area contributed by atoms with E-state index in [2.05, 4.69) is 16.8 Å². The number of hydrogen-bond donors (Lipinski definition) is 0. The summed E-state index contributed by atoms with van der Waals surface area (Å²) in [6, 6.07) is 4.13. The number of rotatable bonds is 4. The minimum atomic E-state index is -0.247. The molecule has 1 atom stereocenters. The largest absolute Gasteiger partial charge is 0.450 e. The van der Waals surface area contributed by atoms with Crippen LogP contribution < -0.4 is 4.90 Å². The summed E-state index contributed by atoms with van der Waals surface area (Å²) in [7, 11) is 0. The summed E-state index contributed by atoms with van der Waals surface area (Å²) in [5.41, 5.74) is 1.50. The zero-order valence-corrected chi connectivity index (χ0v) is 16.4. The third-order valence-corrected chi connectivity index (χ3v) is 5.50. The Balaban J connectivity index is 1.59. The van der Waals surface area contributed by atoms with Crippen molar-refractivity contribution in [3.05, 3.63) is 24.0 Å². The molecule has 0 bridgehead atoms. The molecule has 7 heteroatoms. The molecule has 7 nitrogen and oxygen atoms in total. The Kier molecular flexibility index (Phi) is 6.53. The zero-order chi connectivity index (χ0) is 19.2. The summed E-state index contributed by atoms with van der Waals surface area (Å²) < 4.78 is 5.05. The van der Waals surface area contributed by atoms with Crippen molar-refractivity contribution in [3.8, 4) is 0 Å². The van der Waals surface area contributed by atoms with E-state index >= 15 is 0 Å². The van der Waals surface area contributed by atoms with Gasteiger partial charge in [-0.2, -0.15) is 0 Å². The van der Waals surface area contributed by atoms with Crippen molar-refractivity contribution < 1.29 is 14.3 Å². The Morgan fingerprint density at radius 1 is 1.11 bits per heavy atom. The van der Waals surface area contributed by atoms with Crippen LogP contribution in [0.2, 0.25) is 0 Å². The molecule has 2 aliphatic rings. The number of carbonyl (C=O) groups excluding carboxylic acids is 2. The van der Waals surface area contributed by atoms with Gasteiger partial charge in [0.25, 0.3) is 5.91 Å². The van der Waals surface area contributed by atoms with Crippen LogP contribution in [0.1, 0.15) is 50.0 Å². The molecule has 3 heterocycles. The van der Waals surface area contributed by atoms with Crippen LogP contribution in [0.4, 0.5) is 10.5 Å². The number of anilines is 1. The number of ether oxygens (including phenoxy) is 1. The quantitative estimate of drug-likeness (QED) is 0.811. The molecule has 0 spiro atoms. The molecule has 1 aromatic rings. The minimum Gasteiger partial charge on any atom is -0.450 e. The minimum absolute atomic E-state index is 0.0419. The number of nitrogens with zero attached hydrogens (tertiary/aromatic N) is 4. The molecule has 3 rings (SSSR count). The van der Waals surface area contributed by atoms with E-state index in [0.29, 0.717) is 31.4 Å². The van der Waals surface area contributed by atoms with Crippen LogP contribution in [0.3, 0.4) is 0 Å². The van der Waals surface area contributed by atoms with Crippen LogP contribution in [0.25, 0.3) is 0 Å². The Morgan fingerprint density at radius 3 is 2.52 bits per heavy atom. The molecular formula is C20H30N4O3. The van der Waals surface area contributed by atoms with Gasteiger partial charge in [-0.1, -0.05) is 6.92 Å². The maximum Gasteiger partial charge on any atom is 0.409 e. The van der Waals surface area contributed by atoms with E-state index in [1.807, 2.05) is 24.0 Å². The Hall–Kier alpha value is -2.31. The van der Waals surface area contributed by atoms with Gasteiger partial charge in [0.2, 0.25) is 0 Å². The summed E-state index contributed by atoms with van der Waals surface area (Å²) >= 11 is 0. The number of carbonyl (C=O) groups is 2. The van der Waals surface area contributed by atoms with Gasteiger partial charge >= 0.3 is 6.09 Å². The normalized spacial score (nSPS) is 20.5. The summed E-state index contributed by atoms with van der Waals surface area (Å²) in [6.45, 7) is 7.91. The summed E-state index contributed by atoms with van der Waals surface area (Å²) in [6.07, 6.45) is 5.89. The van der Waals surface area contributed by atoms with Gasteiger partial charge in [0.15, 0.2) is 0 Å². The van der Waals surface area contributed by atoms with Crippen LogP contribution >= 0.6 is 0 Å². The second-order valence-electron chi connectivity index (χ2n) is 7.13. The number of amides is 2. The highest BCUT2D eigenvalue weighted by Crippen LogP contribution is 2.22. The predicted octanol–water partition coefficient (Wildman–Crippen LogP) is 2.76. The Morgan fingerprint density at radius 2 is 1.89 bits per heavy atom. The molecular weight excluding hydrogens is 344 g/mol. The Labute approximate surface area is 161 Å². The maximum atomic E-state index is 12.8. The van der Waals surface area contributed by atoms with Gasteiger partial charge in [-0.25, -0.2) is 9.78 Å². The summed E-state index contributed by atoms with van der Waals surface area (Å²) in [5, 5.41) is 0. The maximum absolute atomic E-state index is 12.8. The third-order valence-electron chi connectivity index (χ3n) is 5.50. The second kappa shape index (κ2) is 9.06. The van der Waals surface area contributed by atoms with Crippen molar-refractivity contribution in [2.24, 2.45) is 0 Å². The highest BCUT2D eigenvalue weighted by Gasteiger charge is 2.27. The third kappa shape index (κ3) is 4.51. The van der Waals surface area contributed by atoms with Gasteiger partial charge < -0.3 is 19.4 Å². The van der Waals surface area contributed by atoms with Crippen LogP contribution in [0.15, 0.2) is 18.3 Å². The molecule has 2 aliphatic heterocycles. The molecule has 148 valence electrons. The lowest BCUT2D eigenvalue weighted by Crippen LogP contribution is -2.49. The van der Waals surface area contributed by atoms with E-state index in [9.17, 15) is 9.59 Å². The van der Waals surface area contributed by atoms with Crippen molar-refractivity contribution in [1.82, 2.24) is 14.8 Å². The average molecular weight is 374 g/mol. The molecule has 2 amide bonds. The number of piperazine rings is 1. The van der Waals surface area contributed by atoms with Crippen LogP contribution in [-0.4, -0.2) is 72.2 Å². The zero-order valence-electron chi connectivity index (χ0n) is 16.4. The van der Waals surface area contributed by atoms with Crippen molar-refractivity contribution in [3.63, 3.8) is 0 Å². The smallest absolute Gasteiger partial charge is 0.409 e. The first-order chi connectivity index (χ1) is 13.1. The first-order valence-electron chi connectivity index (χ1n) is 10.1. The van der Waals surface area contributed by atoms with E-state index in [-0.39, 0.29) is 12.0 Å². The standard InChI is InChI=1S/C20H30N4O3/c1-3-16-7-5-6-10-24(16)19(25)18-9-8-17(15-21-18)22-11-13-23(14-12-22)20(26)27-4-2/h8-9,15-16H,3-7,10-14H2,1-2H3. The molecule has 2 fully saturated rings. The first-order valence-corrected chi connectivity index (χ1v) is 10.1. The number of pyridine rings is 1. The topological polar surface area (TPSA) is 66.0 Å². The second-order valence-corrected chi connectivity index (χ2v) is 7.13. The van der Waals surface area contributed by atoms with Gasteiger partial charge in [-0.05, 0) is 44.7 Å². The molecule has 0 aromatic carbocycles. The van der Waals surface area contributed by atoms with Gasteiger partial charge in [0, 0.05) is 38.8 Å². The number of hydrogen-bond acceptors (Lipinski definition) is 5.